The van der Waals surface area contributed by atoms with Crippen molar-refractivity contribution in [1.29, 1.82) is 5.26 Å². The first-order chi connectivity index (χ1) is 7.65. The molecule has 0 saturated carbocycles. The number of nitrogens with zero attached hydrogens (tertiary/aromatic N) is 1. The zero-order chi connectivity index (χ0) is 11.7. The molecule has 0 radical (unpaired) electrons. The van der Waals surface area contributed by atoms with Gasteiger partial charge in [0.25, 0.3) is 0 Å². The summed E-state index contributed by atoms with van der Waals surface area (Å²) in [7, 11) is 0. The largest absolute Gasteiger partial charge is 0.396 e. The number of nitriles is 1. The molecule has 0 saturated heterocycles. The summed E-state index contributed by atoms with van der Waals surface area (Å²) in [6, 6.07) is 5.65. The lowest BCUT2D eigenvalue weighted by Gasteiger charge is -2.05. The topological polar surface area (TPSA) is 49.8 Å². The van der Waals surface area contributed by atoms with E-state index in [9.17, 15) is 8.78 Å². The van der Waals surface area contributed by atoms with E-state index >= 15 is 0 Å². The second kappa shape index (κ2) is 3.91. The van der Waals surface area contributed by atoms with Crippen molar-refractivity contribution in [3.05, 3.63) is 40.1 Å². The third-order valence-corrected chi connectivity index (χ3v) is 2.98. The van der Waals surface area contributed by atoms with Gasteiger partial charge >= 0.3 is 0 Å². The van der Waals surface area contributed by atoms with Crippen molar-refractivity contribution in [1.82, 2.24) is 0 Å². The van der Waals surface area contributed by atoms with Gasteiger partial charge in [-0.3, -0.25) is 0 Å². The molecule has 0 aliphatic heterocycles. The van der Waals surface area contributed by atoms with E-state index in [0.29, 0.717) is 0 Å². The van der Waals surface area contributed by atoms with Crippen LogP contribution in [-0.4, -0.2) is 0 Å². The Morgan fingerprint density at radius 3 is 2.69 bits per heavy atom. The first-order valence-electron chi connectivity index (χ1n) is 4.36. The van der Waals surface area contributed by atoms with Gasteiger partial charge in [-0.05, 0) is 23.6 Å². The number of hydrogen-bond donors (Lipinski definition) is 1. The fraction of sp³-hybridized carbons (Fsp3) is 0. The Morgan fingerprint density at radius 1 is 1.25 bits per heavy atom. The summed E-state index contributed by atoms with van der Waals surface area (Å²) in [5, 5.41) is 10.4. The van der Waals surface area contributed by atoms with E-state index in [1.54, 1.807) is 5.38 Å². The van der Waals surface area contributed by atoms with Crippen LogP contribution in [0.15, 0.2) is 23.6 Å². The molecule has 0 amide bonds. The van der Waals surface area contributed by atoms with Crippen LogP contribution in [0.1, 0.15) is 4.88 Å². The van der Waals surface area contributed by atoms with Gasteiger partial charge in [0.1, 0.15) is 16.8 Å². The average Bonchev–Trinajstić information content (AvgIpc) is 2.72. The minimum absolute atomic E-state index is 0.133. The Balaban J connectivity index is 2.74. The van der Waals surface area contributed by atoms with Crippen LogP contribution in [0.2, 0.25) is 0 Å². The maximum absolute atomic E-state index is 13.7. The van der Waals surface area contributed by atoms with E-state index in [0.717, 1.165) is 23.5 Å². The summed E-state index contributed by atoms with van der Waals surface area (Å²) in [6.45, 7) is 0. The first-order valence-corrected chi connectivity index (χ1v) is 5.24. The lowest BCUT2D eigenvalue weighted by Crippen LogP contribution is -1.96. The third kappa shape index (κ3) is 1.53. The maximum atomic E-state index is 13.7. The Bertz CT molecular complexity index is 584. The molecule has 2 aromatic rings. The van der Waals surface area contributed by atoms with E-state index in [1.165, 1.54) is 6.07 Å². The predicted octanol–water partition coefficient (Wildman–Crippen LogP) is 3.15. The Labute approximate surface area is 94.6 Å². The van der Waals surface area contributed by atoms with Gasteiger partial charge in [-0.25, -0.2) is 8.78 Å². The first kappa shape index (κ1) is 10.6. The summed E-state index contributed by atoms with van der Waals surface area (Å²) in [5.74, 6) is -1.54. The number of halogens is 2. The number of benzene rings is 1. The molecular formula is C11H6F2N2S. The van der Waals surface area contributed by atoms with Gasteiger partial charge in [0, 0.05) is 5.56 Å². The molecule has 0 fully saturated rings. The van der Waals surface area contributed by atoms with Gasteiger partial charge in [-0.15, -0.1) is 11.3 Å². The van der Waals surface area contributed by atoms with E-state index < -0.39 is 11.6 Å². The van der Waals surface area contributed by atoms with E-state index in [-0.39, 0.29) is 21.7 Å². The van der Waals surface area contributed by atoms with Crippen molar-refractivity contribution in [3.63, 3.8) is 0 Å². The maximum Gasteiger partial charge on any atom is 0.156 e. The number of rotatable bonds is 1. The molecule has 0 bridgehead atoms. The van der Waals surface area contributed by atoms with Gasteiger partial charge in [-0.2, -0.15) is 5.26 Å². The molecule has 1 aromatic heterocycles. The highest BCUT2D eigenvalue weighted by molar-refractivity contribution is 7.11. The Kier molecular flexibility index (Phi) is 2.59. The van der Waals surface area contributed by atoms with Crippen LogP contribution in [0.3, 0.4) is 0 Å². The van der Waals surface area contributed by atoms with Gasteiger partial charge in [-0.1, -0.05) is 0 Å². The van der Waals surface area contributed by atoms with Crippen LogP contribution < -0.4 is 5.73 Å². The summed E-state index contributed by atoms with van der Waals surface area (Å²) >= 11 is 1.13. The summed E-state index contributed by atoms with van der Waals surface area (Å²) < 4.78 is 27.2. The van der Waals surface area contributed by atoms with Gasteiger partial charge in [0.05, 0.1) is 11.3 Å². The average molecular weight is 236 g/mol. The van der Waals surface area contributed by atoms with Crippen LogP contribution in [0.5, 0.6) is 0 Å². The van der Waals surface area contributed by atoms with Gasteiger partial charge < -0.3 is 5.73 Å². The molecular weight excluding hydrogens is 230 g/mol. The van der Waals surface area contributed by atoms with Crippen molar-refractivity contribution in [2.75, 3.05) is 5.73 Å². The molecule has 0 atom stereocenters. The van der Waals surface area contributed by atoms with Crippen molar-refractivity contribution in [3.8, 4) is 17.2 Å². The monoisotopic (exact) mass is 236 g/mol. The fourth-order valence-corrected chi connectivity index (χ4v) is 2.10. The van der Waals surface area contributed by atoms with E-state index in [1.807, 2.05) is 6.07 Å². The highest BCUT2D eigenvalue weighted by Gasteiger charge is 2.17. The zero-order valence-corrected chi connectivity index (χ0v) is 8.81. The van der Waals surface area contributed by atoms with E-state index in [2.05, 4.69) is 0 Å². The normalized spacial score (nSPS) is 10.1. The molecule has 2 nitrogen and oxygen atoms in total. The van der Waals surface area contributed by atoms with Gasteiger partial charge in [0.2, 0.25) is 0 Å². The molecule has 16 heavy (non-hydrogen) atoms. The quantitative estimate of drug-likeness (QED) is 0.773. The van der Waals surface area contributed by atoms with Crippen molar-refractivity contribution in [2.45, 2.75) is 0 Å². The summed E-state index contributed by atoms with van der Waals surface area (Å²) in [6.07, 6.45) is 0. The molecule has 80 valence electrons. The second-order valence-corrected chi connectivity index (χ2v) is 4.02. The smallest absolute Gasteiger partial charge is 0.156 e. The van der Waals surface area contributed by atoms with Crippen molar-refractivity contribution < 1.29 is 8.78 Å². The molecule has 2 N–H and O–H groups in total. The highest BCUT2D eigenvalue weighted by atomic mass is 32.1. The third-order valence-electron chi connectivity index (χ3n) is 2.16. The Morgan fingerprint density at radius 2 is 2.00 bits per heavy atom. The van der Waals surface area contributed by atoms with Gasteiger partial charge in [0.15, 0.2) is 5.82 Å². The molecule has 0 aliphatic rings. The standard InChI is InChI=1S/C11H6F2N2S/c12-7-1-2-8(15)11(13)10(7)6-3-4-16-9(6)5-14/h1-4H,15H2. The Hall–Kier alpha value is -1.93. The predicted molar refractivity (Wildman–Crippen MR) is 58.8 cm³/mol. The number of thiophene rings is 1. The molecule has 2 rings (SSSR count). The van der Waals surface area contributed by atoms with Crippen LogP contribution in [0.25, 0.3) is 11.1 Å². The molecule has 5 heteroatoms. The molecule has 0 aliphatic carbocycles. The minimum Gasteiger partial charge on any atom is -0.396 e. The second-order valence-electron chi connectivity index (χ2n) is 3.10. The van der Waals surface area contributed by atoms with Crippen molar-refractivity contribution in [2.24, 2.45) is 0 Å². The van der Waals surface area contributed by atoms with Crippen molar-refractivity contribution >= 4 is 17.0 Å². The number of nitrogens with two attached hydrogens (primary N) is 1. The number of anilines is 1. The number of nitrogen functional groups attached to an aromatic ring is 1. The molecule has 0 spiro atoms. The fourth-order valence-electron chi connectivity index (χ4n) is 1.41. The number of hydrogen-bond acceptors (Lipinski definition) is 3. The van der Waals surface area contributed by atoms with Crippen LogP contribution in [0, 0.1) is 23.0 Å². The van der Waals surface area contributed by atoms with Crippen LogP contribution in [-0.2, 0) is 0 Å². The molecule has 1 heterocycles. The van der Waals surface area contributed by atoms with E-state index in [4.69, 9.17) is 11.0 Å². The zero-order valence-electron chi connectivity index (χ0n) is 8.00. The lowest BCUT2D eigenvalue weighted by molar-refractivity contribution is 0.592. The molecule has 1 aromatic carbocycles. The highest BCUT2D eigenvalue weighted by Crippen LogP contribution is 2.33. The lowest BCUT2D eigenvalue weighted by atomic mass is 10.0. The molecule has 0 unspecified atom stereocenters. The minimum atomic E-state index is -0.824. The van der Waals surface area contributed by atoms with Crippen LogP contribution in [0.4, 0.5) is 14.5 Å². The van der Waals surface area contributed by atoms with Crippen LogP contribution >= 0.6 is 11.3 Å². The SMILES string of the molecule is N#Cc1sccc1-c1c(F)ccc(N)c1F. The summed E-state index contributed by atoms with van der Waals surface area (Å²) in [4.78, 5) is 0.267. The summed E-state index contributed by atoms with van der Waals surface area (Å²) in [5.41, 5.74) is 5.24.